The first-order valence-electron chi connectivity index (χ1n) is 4.90. The first kappa shape index (κ1) is 9.05. The molecule has 0 heterocycles. The van der Waals surface area contributed by atoms with Crippen molar-refractivity contribution in [3.05, 3.63) is 0 Å². The molecule has 1 fully saturated rings. The molecule has 1 unspecified atom stereocenters. The average molecular weight is 156 g/mol. The summed E-state index contributed by atoms with van der Waals surface area (Å²) in [6.07, 6.45) is 5.63. The van der Waals surface area contributed by atoms with Crippen LogP contribution < -0.4 is 0 Å². The zero-order valence-electron chi connectivity index (χ0n) is 7.81. The fourth-order valence-corrected chi connectivity index (χ4v) is 2.00. The minimum atomic E-state index is 0.860. The Kier molecular flexibility index (Phi) is 3.92. The van der Waals surface area contributed by atoms with Crippen LogP contribution in [0.4, 0.5) is 0 Å². The third-order valence-corrected chi connectivity index (χ3v) is 2.60. The van der Waals surface area contributed by atoms with Crippen molar-refractivity contribution in [3.63, 3.8) is 0 Å². The van der Waals surface area contributed by atoms with Crippen LogP contribution in [0, 0.1) is 11.8 Å². The highest BCUT2D eigenvalue weighted by Crippen LogP contribution is 2.28. The standard InChI is InChI=1S/C10H20O/c1-3-11-8-10-6-4-5-9(2)7-10/h9-10H,3-8H2,1-2H3/t9?,10-/m0/s1. The van der Waals surface area contributed by atoms with Crippen LogP contribution in [0.2, 0.25) is 0 Å². The van der Waals surface area contributed by atoms with Crippen LogP contribution in [0.25, 0.3) is 0 Å². The second-order valence-electron chi connectivity index (χ2n) is 3.80. The van der Waals surface area contributed by atoms with Crippen molar-refractivity contribution in [3.8, 4) is 0 Å². The molecule has 0 spiro atoms. The van der Waals surface area contributed by atoms with Crippen LogP contribution in [-0.2, 0) is 4.74 Å². The minimum Gasteiger partial charge on any atom is -0.381 e. The van der Waals surface area contributed by atoms with Crippen LogP contribution in [0.1, 0.15) is 39.5 Å². The first-order chi connectivity index (χ1) is 5.33. The van der Waals surface area contributed by atoms with Gasteiger partial charge in [0, 0.05) is 13.2 Å². The average Bonchev–Trinajstić information content (AvgIpc) is 2.01. The molecular weight excluding hydrogens is 136 g/mol. The fraction of sp³-hybridized carbons (Fsp3) is 1.00. The van der Waals surface area contributed by atoms with E-state index in [1.807, 2.05) is 0 Å². The van der Waals surface area contributed by atoms with Crippen molar-refractivity contribution < 1.29 is 4.74 Å². The van der Waals surface area contributed by atoms with Crippen LogP contribution in [0.3, 0.4) is 0 Å². The quantitative estimate of drug-likeness (QED) is 0.610. The number of hydrogen-bond acceptors (Lipinski definition) is 1. The van der Waals surface area contributed by atoms with Gasteiger partial charge in [-0.25, -0.2) is 0 Å². The third kappa shape index (κ3) is 3.24. The molecule has 0 aromatic heterocycles. The van der Waals surface area contributed by atoms with Crippen LogP contribution in [0.15, 0.2) is 0 Å². The third-order valence-electron chi connectivity index (χ3n) is 2.60. The van der Waals surface area contributed by atoms with Gasteiger partial charge in [0.05, 0.1) is 0 Å². The largest absolute Gasteiger partial charge is 0.381 e. The zero-order chi connectivity index (χ0) is 8.10. The molecule has 1 heteroatoms. The number of ether oxygens (including phenoxy) is 1. The molecule has 1 saturated carbocycles. The Morgan fingerprint density at radius 2 is 2.18 bits per heavy atom. The van der Waals surface area contributed by atoms with Crippen molar-refractivity contribution in [2.45, 2.75) is 39.5 Å². The van der Waals surface area contributed by atoms with Crippen molar-refractivity contribution in [2.24, 2.45) is 11.8 Å². The summed E-state index contributed by atoms with van der Waals surface area (Å²) in [4.78, 5) is 0. The number of rotatable bonds is 3. The van der Waals surface area contributed by atoms with E-state index in [2.05, 4.69) is 13.8 Å². The van der Waals surface area contributed by atoms with Gasteiger partial charge in [0.15, 0.2) is 0 Å². The van der Waals surface area contributed by atoms with Gasteiger partial charge < -0.3 is 4.74 Å². The van der Waals surface area contributed by atoms with Gasteiger partial charge in [0.1, 0.15) is 0 Å². The Labute approximate surface area is 70.1 Å². The fourth-order valence-electron chi connectivity index (χ4n) is 2.00. The van der Waals surface area contributed by atoms with Gasteiger partial charge >= 0.3 is 0 Å². The van der Waals surface area contributed by atoms with Gasteiger partial charge in [-0.1, -0.05) is 19.8 Å². The zero-order valence-corrected chi connectivity index (χ0v) is 7.81. The lowest BCUT2D eigenvalue weighted by Crippen LogP contribution is -2.18. The molecule has 0 amide bonds. The Hall–Kier alpha value is -0.0400. The minimum absolute atomic E-state index is 0.860. The lowest BCUT2D eigenvalue weighted by atomic mass is 9.83. The van der Waals surface area contributed by atoms with Crippen LogP contribution >= 0.6 is 0 Å². The Morgan fingerprint density at radius 3 is 2.82 bits per heavy atom. The topological polar surface area (TPSA) is 9.23 Å². The smallest absolute Gasteiger partial charge is 0.0494 e. The Morgan fingerprint density at radius 1 is 1.36 bits per heavy atom. The van der Waals surface area contributed by atoms with Crippen molar-refractivity contribution in [1.29, 1.82) is 0 Å². The predicted molar refractivity (Wildman–Crippen MR) is 47.6 cm³/mol. The molecule has 0 radical (unpaired) electrons. The van der Waals surface area contributed by atoms with Crippen LogP contribution in [-0.4, -0.2) is 13.2 Å². The van der Waals surface area contributed by atoms with Gasteiger partial charge in [-0.3, -0.25) is 0 Å². The molecule has 0 saturated heterocycles. The van der Waals surface area contributed by atoms with E-state index in [9.17, 15) is 0 Å². The Balaban J connectivity index is 2.12. The number of hydrogen-bond donors (Lipinski definition) is 0. The molecule has 0 bridgehead atoms. The van der Waals surface area contributed by atoms with Crippen molar-refractivity contribution in [2.75, 3.05) is 13.2 Å². The molecule has 1 aliphatic rings. The van der Waals surface area contributed by atoms with E-state index < -0.39 is 0 Å². The molecule has 11 heavy (non-hydrogen) atoms. The molecule has 1 rings (SSSR count). The molecule has 66 valence electrons. The molecule has 2 atom stereocenters. The maximum absolute atomic E-state index is 5.42. The van der Waals surface area contributed by atoms with Gasteiger partial charge in [-0.2, -0.15) is 0 Å². The Bertz CT molecular complexity index is 101. The summed E-state index contributed by atoms with van der Waals surface area (Å²) in [6, 6.07) is 0. The molecule has 1 aliphatic carbocycles. The van der Waals surface area contributed by atoms with Gasteiger partial charge in [0.25, 0.3) is 0 Å². The maximum atomic E-state index is 5.42. The van der Waals surface area contributed by atoms with Crippen molar-refractivity contribution >= 4 is 0 Å². The monoisotopic (exact) mass is 156 g/mol. The summed E-state index contributed by atoms with van der Waals surface area (Å²) in [5.74, 6) is 1.80. The summed E-state index contributed by atoms with van der Waals surface area (Å²) >= 11 is 0. The van der Waals surface area contributed by atoms with E-state index in [1.54, 1.807) is 0 Å². The summed E-state index contributed by atoms with van der Waals surface area (Å²) in [7, 11) is 0. The lowest BCUT2D eigenvalue weighted by molar-refractivity contribution is 0.0851. The molecule has 1 nitrogen and oxygen atoms in total. The lowest BCUT2D eigenvalue weighted by Gasteiger charge is -2.26. The van der Waals surface area contributed by atoms with E-state index in [0.29, 0.717) is 0 Å². The van der Waals surface area contributed by atoms with E-state index in [1.165, 1.54) is 25.7 Å². The van der Waals surface area contributed by atoms with Gasteiger partial charge in [0.2, 0.25) is 0 Å². The van der Waals surface area contributed by atoms with E-state index >= 15 is 0 Å². The normalized spacial score (nSPS) is 32.2. The predicted octanol–water partition coefficient (Wildman–Crippen LogP) is 2.85. The van der Waals surface area contributed by atoms with Gasteiger partial charge in [-0.15, -0.1) is 0 Å². The SMILES string of the molecule is CCOC[C@H]1CCCC(C)C1. The highest BCUT2D eigenvalue weighted by atomic mass is 16.5. The molecule has 0 aromatic carbocycles. The first-order valence-corrected chi connectivity index (χ1v) is 4.90. The molecular formula is C10H20O. The molecule has 0 aromatic rings. The molecule has 0 aliphatic heterocycles. The highest BCUT2D eigenvalue weighted by molar-refractivity contribution is 4.69. The molecule has 0 N–H and O–H groups in total. The highest BCUT2D eigenvalue weighted by Gasteiger charge is 2.18. The summed E-state index contributed by atoms with van der Waals surface area (Å²) in [5.41, 5.74) is 0. The van der Waals surface area contributed by atoms with E-state index in [0.717, 1.165) is 25.0 Å². The summed E-state index contributed by atoms with van der Waals surface area (Å²) in [6.45, 7) is 6.32. The maximum Gasteiger partial charge on any atom is 0.0494 e. The summed E-state index contributed by atoms with van der Waals surface area (Å²) < 4.78 is 5.42. The van der Waals surface area contributed by atoms with Crippen molar-refractivity contribution in [1.82, 2.24) is 0 Å². The second kappa shape index (κ2) is 4.76. The van der Waals surface area contributed by atoms with Crippen LogP contribution in [0.5, 0.6) is 0 Å². The summed E-state index contributed by atoms with van der Waals surface area (Å²) in [5, 5.41) is 0. The van der Waals surface area contributed by atoms with Gasteiger partial charge in [-0.05, 0) is 31.6 Å². The van der Waals surface area contributed by atoms with E-state index in [4.69, 9.17) is 4.74 Å². The van der Waals surface area contributed by atoms with E-state index in [-0.39, 0.29) is 0 Å². The second-order valence-corrected chi connectivity index (χ2v) is 3.80.